The van der Waals surface area contributed by atoms with Gasteiger partial charge in [0.15, 0.2) is 5.65 Å². The van der Waals surface area contributed by atoms with Crippen molar-refractivity contribution in [2.45, 2.75) is 49.1 Å². The van der Waals surface area contributed by atoms with Gasteiger partial charge in [-0.2, -0.15) is 10.1 Å². The number of aryl methyl sites for hydroxylation is 1. The molecule has 1 saturated carbocycles. The van der Waals surface area contributed by atoms with Gasteiger partial charge in [0, 0.05) is 30.5 Å². The Morgan fingerprint density at radius 1 is 1.26 bits per heavy atom. The quantitative estimate of drug-likeness (QED) is 0.607. The van der Waals surface area contributed by atoms with Gasteiger partial charge in [-0.25, -0.2) is 14.5 Å². The number of nitrogens with zero attached hydrogens (tertiary/aromatic N) is 6. The molecule has 31 heavy (non-hydrogen) atoms. The van der Waals surface area contributed by atoms with Crippen molar-refractivity contribution in [3.05, 3.63) is 34.4 Å². The first-order valence-electron chi connectivity index (χ1n) is 10.5. The summed E-state index contributed by atoms with van der Waals surface area (Å²) in [6.45, 7) is 1.35. The Kier molecular flexibility index (Phi) is 4.45. The Labute approximate surface area is 186 Å². The maximum Gasteiger partial charge on any atom is 0.227 e. The third kappa shape index (κ3) is 3.11. The van der Waals surface area contributed by atoms with Gasteiger partial charge in [0.05, 0.1) is 52.1 Å². The van der Waals surface area contributed by atoms with E-state index in [9.17, 15) is 9.32 Å². The van der Waals surface area contributed by atoms with Crippen LogP contribution >= 0.6 is 11.6 Å². The lowest BCUT2D eigenvalue weighted by molar-refractivity contribution is 0.143. The van der Waals surface area contributed by atoms with E-state index in [0.29, 0.717) is 40.4 Å². The predicted octanol–water partition coefficient (Wildman–Crippen LogP) is 1.73. The first-order chi connectivity index (χ1) is 15.0. The van der Waals surface area contributed by atoms with Gasteiger partial charge >= 0.3 is 0 Å². The summed E-state index contributed by atoms with van der Waals surface area (Å²) in [5.74, 6) is 1.79. The minimum absolute atomic E-state index is 0.0393. The van der Waals surface area contributed by atoms with Crippen LogP contribution in [-0.2, 0) is 30.2 Å². The Morgan fingerprint density at radius 3 is 2.90 bits per heavy atom. The minimum Gasteiger partial charge on any atom is -0.394 e. The van der Waals surface area contributed by atoms with Crippen molar-refractivity contribution in [3.8, 4) is 0 Å². The molecule has 11 heteroatoms. The second kappa shape index (κ2) is 7.11. The molecule has 0 radical (unpaired) electrons. The molecule has 0 unspecified atom stereocenters. The summed E-state index contributed by atoms with van der Waals surface area (Å²) in [4.78, 5) is 16.8. The van der Waals surface area contributed by atoms with Crippen LogP contribution in [-0.4, -0.2) is 58.3 Å². The zero-order valence-electron chi connectivity index (χ0n) is 16.8. The number of halogens is 1. The van der Waals surface area contributed by atoms with E-state index in [1.807, 2.05) is 0 Å². The molecule has 2 N–H and O–H groups in total. The SMILES string of the molecule is O=[S@]1CCc2nc(N3CCc4c(nn5cc(Cl)cnc45)C3)nc(NC3(CO)CCC3)c21. The van der Waals surface area contributed by atoms with Crippen molar-refractivity contribution in [1.82, 2.24) is 24.6 Å². The standard InChI is InChI=1S/C20H22ClN7O2S/c21-12-8-22-18-13-2-6-27(10-15(13)26-28(18)9-12)19-23-14-3-7-31(30)16(14)17(24-19)25-20(11-29)4-1-5-20/h8-9,29H,1-7,10-11H2,(H,23,24,25)/t31-/m0/s1. The lowest BCUT2D eigenvalue weighted by Gasteiger charge is -2.41. The molecular weight excluding hydrogens is 438 g/mol. The zero-order chi connectivity index (χ0) is 21.2. The Morgan fingerprint density at radius 2 is 2.13 bits per heavy atom. The molecule has 5 heterocycles. The van der Waals surface area contributed by atoms with Gasteiger partial charge in [-0.15, -0.1) is 0 Å². The molecule has 6 rings (SSSR count). The highest BCUT2D eigenvalue weighted by atomic mass is 35.5. The summed E-state index contributed by atoms with van der Waals surface area (Å²) in [6, 6.07) is 0. The van der Waals surface area contributed by atoms with Crippen LogP contribution < -0.4 is 10.2 Å². The molecule has 1 atom stereocenters. The molecule has 3 aliphatic rings. The van der Waals surface area contributed by atoms with E-state index in [2.05, 4.69) is 20.3 Å². The smallest absolute Gasteiger partial charge is 0.227 e. The number of rotatable bonds is 4. The van der Waals surface area contributed by atoms with E-state index in [4.69, 9.17) is 21.6 Å². The molecule has 2 aliphatic heterocycles. The summed E-state index contributed by atoms with van der Waals surface area (Å²) >= 11 is 6.07. The number of fused-ring (bicyclic) bond motifs is 4. The van der Waals surface area contributed by atoms with Gasteiger partial charge in [0.25, 0.3) is 0 Å². The van der Waals surface area contributed by atoms with Crippen LogP contribution in [0.5, 0.6) is 0 Å². The second-order valence-electron chi connectivity index (χ2n) is 8.50. The lowest BCUT2D eigenvalue weighted by atomic mass is 9.77. The first kappa shape index (κ1) is 19.4. The van der Waals surface area contributed by atoms with Crippen molar-refractivity contribution in [2.24, 2.45) is 0 Å². The number of anilines is 2. The zero-order valence-corrected chi connectivity index (χ0v) is 18.4. The van der Waals surface area contributed by atoms with Crippen LogP contribution in [0.4, 0.5) is 11.8 Å². The summed E-state index contributed by atoms with van der Waals surface area (Å²) < 4.78 is 14.4. The van der Waals surface area contributed by atoms with Gasteiger partial charge in [0.2, 0.25) is 5.95 Å². The molecule has 1 fully saturated rings. The largest absolute Gasteiger partial charge is 0.394 e. The molecule has 9 nitrogen and oxygen atoms in total. The Bertz CT molecular complexity index is 1220. The molecule has 0 aromatic carbocycles. The third-order valence-corrected chi connectivity index (χ3v) is 8.20. The molecule has 0 bridgehead atoms. The topological polar surface area (TPSA) is 109 Å². The van der Waals surface area contributed by atoms with Gasteiger partial charge in [-0.3, -0.25) is 4.21 Å². The van der Waals surface area contributed by atoms with E-state index < -0.39 is 10.8 Å². The van der Waals surface area contributed by atoms with Crippen LogP contribution in [0.3, 0.4) is 0 Å². The highest BCUT2D eigenvalue weighted by Crippen LogP contribution is 2.38. The van der Waals surface area contributed by atoms with Crippen molar-refractivity contribution in [2.75, 3.05) is 29.1 Å². The van der Waals surface area contributed by atoms with Gasteiger partial charge in [-0.1, -0.05) is 11.6 Å². The average molecular weight is 460 g/mol. The normalized spacial score (nSPS) is 21.6. The molecule has 3 aromatic rings. The first-order valence-corrected chi connectivity index (χ1v) is 12.2. The van der Waals surface area contributed by atoms with Crippen LogP contribution in [0.15, 0.2) is 17.3 Å². The highest BCUT2D eigenvalue weighted by Gasteiger charge is 2.39. The Balaban J connectivity index is 1.37. The van der Waals surface area contributed by atoms with E-state index in [0.717, 1.165) is 54.8 Å². The van der Waals surface area contributed by atoms with Gasteiger partial charge in [0.1, 0.15) is 10.7 Å². The summed E-state index contributed by atoms with van der Waals surface area (Å²) in [5, 5.41) is 18.6. The lowest BCUT2D eigenvalue weighted by Crippen LogP contribution is -2.48. The van der Waals surface area contributed by atoms with E-state index in [-0.39, 0.29) is 12.1 Å². The Hall–Kier alpha value is -2.30. The van der Waals surface area contributed by atoms with Crippen molar-refractivity contribution < 1.29 is 9.32 Å². The van der Waals surface area contributed by atoms with Crippen LogP contribution in [0.1, 0.15) is 36.2 Å². The van der Waals surface area contributed by atoms with Crippen LogP contribution in [0.2, 0.25) is 5.02 Å². The number of aliphatic hydroxyl groups is 1. The molecule has 0 amide bonds. The van der Waals surface area contributed by atoms with Crippen molar-refractivity contribution in [3.63, 3.8) is 0 Å². The molecule has 0 spiro atoms. The molecule has 0 saturated heterocycles. The number of nitrogens with one attached hydrogen (secondary N) is 1. The predicted molar refractivity (Wildman–Crippen MR) is 117 cm³/mol. The fraction of sp³-hybridized carbons (Fsp3) is 0.500. The van der Waals surface area contributed by atoms with Crippen LogP contribution in [0, 0.1) is 0 Å². The second-order valence-corrected chi connectivity index (χ2v) is 10.4. The minimum atomic E-state index is -1.11. The summed E-state index contributed by atoms with van der Waals surface area (Å²) in [7, 11) is -1.11. The number of aromatic nitrogens is 5. The maximum absolute atomic E-state index is 12.6. The van der Waals surface area contributed by atoms with Crippen LogP contribution in [0.25, 0.3) is 5.65 Å². The van der Waals surface area contributed by atoms with Gasteiger partial charge in [-0.05, 0) is 25.7 Å². The average Bonchev–Trinajstić information content (AvgIpc) is 3.29. The maximum atomic E-state index is 12.6. The number of hydrogen-bond acceptors (Lipinski definition) is 8. The van der Waals surface area contributed by atoms with Gasteiger partial charge < -0.3 is 15.3 Å². The highest BCUT2D eigenvalue weighted by molar-refractivity contribution is 7.85. The number of aliphatic hydroxyl groups excluding tert-OH is 1. The molecule has 3 aromatic heterocycles. The van der Waals surface area contributed by atoms with Crippen molar-refractivity contribution >= 4 is 39.8 Å². The summed E-state index contributed by atoms with van der Waals surface area (Å²) in [5.41, 5.74) is 3.37. The van der Waals surface area contributed by atoms with Crippen molar-refractivity contribution in [1.29, 1.82) is 0 Å². The molecule has 1 aliphatic carbocycles. The number of hydrogen-bond donors (Lipinski definition) is 2. The third-order valence-electron chi connectivity index (χ3n) is 6.55. The van der Waals surface area contributed by atoms with E-state index in [1.165, 1.54) is 0 Å². The fourth-order valence-electron chi connectivity index (χ4n) is 4.65. The summed E-state index contributed by atoms with van der Waals surface area (Å²) in [6.07, 6.45) is 7.70. The molecular formula is C20H22ClN7O2S. The van der Waals surface area contributed by atoms with E-state index in [1.54, 1.807) is 16.9 Å². The van der Waals surface area contributed by atoms with E-state index >= 15 is 0 Å². The fourth-order valence-corrected chi connectivity index (χ4v) is 6.10. The molecule has 162 valence electrons. The monoisotopic (exact) mass is 459 g/mol.